The van der Waals surface area contributed by atoms with E-state index in [-0.39, 0.29) is 0 Å². The third kappa shape index (κ3) is 2.85. The van der Waals surface area contributed by atoms with Crippen LogP contribution < -0.4 is 5.32 Å². The minimum atomic E-state index is 0.726. The second kappa shape index (κ2) is 5.42. The Bertz CT molecular complexity index is 698. The quantitative estimate of drug-likeness (QED) is 0.772. The Hall–Kier alpha value is -2.21. The van der Waals surface area contributed by atoms with Crippen LogP contribution in [0.1, 0.15) is 16.5 Å². The van der Waals surface area contributed by atoms with Crippen molar-refractivity contribution in [1.29, 1.82) is 0 Å². The molecule has 0 bridgehead atoms. The van der Waals surface area contributed by atoms with E-state index in [0.717, 1.165) is 40.1 Å². The maximum atomic E-state index is 4.43. The smallest absolute Gasteiger partial charge is 0.181 e. The molecule has 2 aromatic heterocycles. The lowest BCUT2D eigenvalue weighted by atomic mass is 10.2. The molecule has 1 aromatic carbocycles. The summed E-state index contributed by atoms with van der Waals surface area (Å²) in [5.74, 6) is 1.55. The second-order valence-corrected chi connectivity index (χ2v) is 5.50. The minimum Gasteiger partial charge on any atom is -0.379 e. The summed E-state index contributed by atoms with van der Waals surface area (Å²) >= 11 is 1.67. The van der Waals surface area contributed by atoms with Gasteiger partial charge in [0.15, 0.2) is 5.82 Å². The molecular formula is C14H15N5S. The standard InChI is InChI=1S/C14H15N5S/c1-9-8-20-13(16-9)7-15-12-5-3-11(4-6-12)14-17-10(2)18-19-14/h3-6,8,15H,7H2,1-2H3,(H,17,18,19). The third-order valence-corrected chi connectivity index (χ3v) is 3.82. The second-order valence-electron chi connectivity index (χ2n) is 4.56. The van der Waals surface area contributed by atoms with Crippen LogP contribution >= 0.6 is 11.3 Å². The molecule has 6 heteroatoms. The summed E-state index contributed by atoms with van der Waals surface area (Å²) in [5, 5.41) is 13.5. The molecule has 0 atom stereocenters. The van der Waals surface area contributed by atoms with Crippen LogP contribution in [0.5, 0.6) is 0 Å². The van der Waals surface area contributed by atoms with Crippen molar-refractivity contribution in [2.24, 2.45) is 0 Å². The Morgan fingerprint density at radius 3 is 2.55 bits per heavy atom. The molecule has 0 saturated carbocycles. The highest BCUT2D eigenvalue weighted by Gasteiger charge is 2.04. The average Bonchev–Trinajstić information content (AvgIpc) is 3.06. The normalized spacial score (nSPS) is 10.7. The number of hydrogen-bond donors (Lipinski definition) is 2. The molecule has 0 aliphatic carbocycles. The van der Waals surface area contributed by atoms with Crippen LogP contribution in [0.15, 0.2) is 29.6 Å². The molecule has 0 fully saturated rings. The van der Waals surface area contributed by atoms with Crippen LogP contribution in [0.2, 0.25) is 0 Å². The van der Waals surface area contributed by atoms with E-state index in [1.165, 1.54) is 0 Å². The molecule has 102 valence electrons. The van der Waals surface area contributed by atoms with E-state index in [9.17, 15) is 0 Å². The fourth-order valence-electron chi connectivity index (χ4n) is 1.87. The Labute approximate surface area is 121 Å². The molecule has 0 radical (unpaired) electrons. The van der Waals surface area contributed by atoms with Crippen molar-refractivity contribution in [1.82, 2.24) is 20.2 Å². The summed E-state index contributed by atoms with van der Waals surface area (Å²) in [5.41, 5.74) is 3.14. The molecule has 3 aromatic rings. The highest BCUT2D eigenvalue weighted by atomic mass is 32.1. The lowest BCUT2D eigenvalue weighted by molar-refractivity contribution is 1.04. The highest BCUT2D eigenvalue weighted by molar-refractivity contribution is 7.09. The van der Waals surface area contributed by atoms with E-state index in [1.807, 2.05) is 38.1 Å². The topological polar surface area (TPSA) is 66.5 Å². The minimum absolute atomic E-state index is 0.726. The van der Waals surface area contributed by atoms with Gasteiger partial charge in [0.05, 0.1) is 6.54 Å². The number of anilines is 1. The largest absolute Gasteiger partial charge is 0.379 e. The summed E-state index contributed by atoms with van der Waals surface area (Å²) in [4.78, 5) is 8.74. The first-order chi connectivity index (χ1) is 9.70. The number of rotatable bonds is 4. The van der Waals surface area contributed by atoms with Crippen LogP contribution in [0.4, 0.5) is 5.69 Å². The maximum absolute atomic E-state index is 4.43. The zero-order valence-corrected chi connectivity index (χ0v) is 12.2. The average molecular weight is 285 g/mol. The summed E-state index contributed by atoms with van der Waals surface area (Å²) in [6.07, 6.45) is 0. The number of benzene rings is 1. The Kier molecular flexibility index (Phi) is 3.47. The van der Waals surface area contributed by atoms with E-state index < -0.39 is 0 Å². The summed E-state index contributed by atoms with van der Waals surface area (Å²) in [7, 11) is 0. The number of aromatic amines is 1. The summed E-state index contributed by atoms with van der Waals surface area (Å²) in [6, 6.07) is 8.08. The Morgan fingerprint density at radius 2 is 1.95 bits per heavy atom. The van der Waals surface area contributed by atoms with Gasteiger partial charge in [0.1, 0.15) is 10.8 Å². The molecule has 0 amide bonds. The summed E-state index contributed by atoms with van der Waals surface area (Å²) < 4.78 is 0. The van der Waals surface area contributed by atoms with Crippen LogP contribution in [-0.2, 0) is 6.54 Å². The van der Waals surface area contributed by atoms with Crippen LogP contribution in [0.25, 0.3) is 11.4 Å². The van der Waals surface area contributed by atoms with Gasteiger partial charge in [0.2, 0.25) is 0 Å². The van der Waals surface area contributed by atoms with E-state index in [0.29, 0.717) is 0 Å². The van der Waals surface area contributed by atoms with Gasteiger partial charge in [-0.05, 0) is 38.1 Å². The van der Waals surface area contributed by atoms with Gasteiger partial charge in [-0.2, -0.15) is 5.10 Å². The van der Waals surface area contributed by atoms with Crippen LogP contribution in [0, 0.1) is 13.8 Å². The van der Waals surface area contributed by atoms with Crippen molar-refractivity contribution in [3.8, 4) is 11.4 Å². The van der Waals surface area contributed by atoms with Gasteiger partial charge in [0, 0.05) is 22.3 Å². The number of aryl methyl sites for hydroxylation is 2. The molecule has 0 aliphatic heterocycles. The fraction of sp³-hybridized carbons (Fsp3) is 0.214. The van der Waals surface area contributed by atoms with Crippen molar-refractivity contribution in [3.05, 3.63) is 46.2 Å². The number of nitrogens with zero attached hydrogens (tertiary/aromatic N) is 3. The van der Waals surface area contributed by atoms with E-state index in [4.69, 9.17) is 0 Å². The van der Waals surface area contributed by atoms with Crippen LogP contribution in [-0.4, -0.2) is 20.2 Å². The molecule has 20 heavy (non-hydrogen) atoms. The lowest BCUT2D eigenvalue weighted by Crippen LogP contribution is -1.98. The molecule has 3 rings (SSSR count). The highest BCUT2D eigenvalue weighted by Crippen LogP contribution is 2.18. The van der Waals surface area contributed by atoms with Gasteiger partial charge in [-0.15, -0.1) is 11.3 Å². The number of aromatic nitrogens is 4. The fourth-order valence-corrected chi connectivity index (χ4v) is 2.58. The zero-order valence-electron chi connectivity index (χ0n) is 11.3. The van der Waals surface area contributed by atoms with Gasteiger partial charge in [-0.3, -0.25) is 5.10 Å². The maximum Gasteiger partial charge on any atom is 0.181 e. The SMILES string of the molecule is Cc1csc(CNc2ccc(-c3n[nH]c(C)n3)cc2)n1. The lowest BCUT2D eigenvalue weighted by Gasteiger charge is -2.04. The molecule has 0 saturated heterocycles. The van der Waals surface area contributed by atoms with Gasteiger partial charge >= 0.3 is 0 Å². The molecule has 0 spiro atoms. The number of nitrogens with one attached hydrogen (secondary N) is 2. The molecule has 0 aliphatic rings. The predicted molar refractivity (Wildman–Crippen MR) is 80.7 cm³/mol. The number of thiazole rings is 1. The van der Waals surface area contributed by atoms with Crippen molar-refractivity contribution in [3.63, 3.8) is 0 Å². The molecule has 2 heterocycles. The summed E-state index contributed by atoms with van der Waals surface area (Å²) in [6.45, 7) is 4.65. The Morgan fingerprint density at radius 1 is 1.15 bits per heavy atom. The zero-order chi connectivity index (χ0) is 13.9. The first-order valence-electron chi connectivity index (χ1n) is 6.35. The van der Waals surface area contributed by atoms with Gasteiger partial charge in [-0.25, -0.2) is 9.97 Å². The first kappa shape index (κ1) is 12.8. The van der Waals surface area contributed by atoms with Crippen molar-refractivity contribution < 1.29 is 0 Å². The predicted octanol–water partition coefficient (Wildman–Crippen LogP) is 3.16. The van der Waals surface area contributed by atoms with Crippen molar-refractivity contribution in [2.75, 3.05) is 5.32 Å². The van der Waals surface area contributed by atoms with Crippen molar-refractivity contribution >= 4 is 17.0 Å². The molecule has 2 N–H and O–H groups in total. The van der Waals surface area contributed by atoms with Crippen molar-refractivity contribution in [2.45, 2.75) is 20.4 Å². The van der Waals surface area contributed by atoms with E-state index in [2.05, 4.69) is 30.9 Å². The van der Waals surface area contributed by atoms with E-state index in [1.54, 1.807) is 11.3 Å². The number of hydrogen-bond acceptors (Lipinski definition) is 5. The number of H-pyrrole nitrogens is 1. The van der Waals surface area contributed by atoms with Gasteiger partial charge in [0.25, 0.3) is 0 Å². The third-order valence-electron chi connectivity index (χ3n) is 2.85. The first-order valence-corrected chi connectivity index (χ1v) is 7.23. The molecular weight excluding hydrogens is 270 g/mol. The van der Waals surface area contributed by atoms with Crippen LogP contribution in [0.3, 0.4) is 0 Å². The Balaban J connectivity index is 1.67. The molecule has 5 nitrogen and oxygen atoms in total. The molecule has 0 unspecified atom stereocenters. The van der Waals surface area contributed by atoms with Gasteiger partial charge < -0.3 is 5.32 Å². The van der Waals surface area contributed by atoms with Gasteiger partial charge in [-0.1, -0.05) is 0 Å². The van der Waals surface area contributed by atoms with E-state index >= 15 is 0 Å². The monoisotopic (exact) mass is 285 g/mol.